The molecule has 11 nitrogen and oxygen atoms in total. The third-order valence-corrected chi connectivity index (χ3v) is 5.04. The van der Waals surface area contributed by atoms with E-state index in [-0.39, 0.29) is 11.9 Å². The smallest absolute Gasteiger partial charge is 0.251 e. The highest BCUT2D eigenvalue weighted by Gasteiger charge is 2.19. The Morgan fingerprint density at radius 2 is 1.79 bits per heavy atom. The minimum absolute atomic E-state index is 0.182. The predicted molar refractivity (Wildman–Crippen MR) is 133 cm³/mol. The number of ether oxygens (including phenoxy) is 2. The molecule has 1 aliphatic rings. The van der Waals surface area contributed by atoms with Crippen molar-refractivity contribution in [2.75, 3.05) is 55.5 Å². The molecule has 0 spiro atoms. The van der Waals surface area contributed by atoms with Gasteiger partial charge in [-0.05, 0) is 51.3 Å². The van der Waals surface area contributed by atoms with Crippen LogP contribution in [0.15, 0.2) is 24.3 Å². The van der Waals surface area contributed by atoms with E-state index in [0.29, 0.717) is 74.7 Å². The number of benzene rings is 1. The molecular weight excluding hydrogens is 436 g/mol. The first-order valence-corrected chi connectivity index (χ1v) is 11.8. The monoisotopic (exact) mass is 472 g/mol. The number of aromatic nitrogens is 3. The summed E-state index contributed by atoms with van der Waals surface area (Å²) in [7, 11) is 0. The summed E-state index contributed by atoms with van der Waals surface area (Å²) in [6, 6.07) is 7.77. The van der Waals surface area contributed by atoms with E-state index in [4.69, 9.17) is 15.2 Å². The van der Waals surface area contributed by atoms with E-state index in [1.165, 1.54) is 6.42 Å². The molecule has 1 fully saturated rings. The maximum absolute atomic E-state index is 12.5. The fourth-order valence-electron chi connectivity index (χ4n) is 3.17. The number of carbonyl (C=O) groups is 1. The lowest BCUT2D eigenvalue weighted by Crippen LogP contribution is -2.28. The Hall–Kier alpha value is -3.02. The van der Waals surface area contributed by atoms with E-state index in [2.05, 4.69) is 36.2 Å². The van der Waals surface area contributed by atoms with Gasteiger partial charge in [0.1, 0.15) is 0 Å². The fraction of sp³-hybridized carbons (Fsp3) is 0.565. The molecule has 0 unspecified atom stereocenters. The van der Waals surface area contributed by atoms with E-state index in [1.807, 2.05) is 26.0 Å². The summed E-state index contributed by atoms with van der Waals surface area (Å²) in [5, 5.41) is 12.6. The molecule has 3 rings (SSSR count). The SMILES string of the molecule is CC(C)Nc1nc(Nc2cccc(C(=O)NCCOCCOCCN)c2)nc(NC2CCC2)n1. The molecule has 11 heteroatoms. The number of nitrogens with two attached hydrogens (primary N) is 1. The van der Waals surface area contributed by atoms with Gasteiger partial charge in [0.25, 0.3) is 5.91 Å². The van der Waals surface area contributed by atoms with Crippen LogP contribution in [0.1, 0.15) is 43.5 Å². The average Bonchev–Trinajstić information content (AvgIpc) is 2.77. The summed E-state index contributed by atoms with van der Waals surface area (Å²) in [6.07, 6.45) is 3.45. The molecule has 0 atom stereocenters. The Morgan fingerprint density at radius 3 is 2.50 bits per heavy atom. The first-order valence-electron chi connectivity index (χ1n) is 11.8. The van der Waals surface area contributed by atoms with Gasteiger partial charge >= 0.3 is 0 Å². The maximum Gasteiger partial charge on any atom is 0.251 e. The lowest BCUT2D eigenvalue weighted by molar-refractivity contribution is 0.0511. The van der Waals surface area contributed by atoms with E-state index in [0.717, 1.165) is 12.8 Å². The zero-order valence-electron chi connectivity index (χ0n) is 20.0. The molecule has 0 saturated heterocycles. The number of hydrogen-bond acceptors (Lipinski definition) is 10. The number of rotatable bonds is 15. The van der Waals surface area contributed by atoms with Gasteiger partial charge in [0, 0.05) is 36.4 Å². The van der Waals surface area contributed by atoms with Crippen LogP contribution in [0.3, 0.4) is 0 Å². The summed E-state index contributed by atoms with van der Waals surface area (Å²) in [5.74, 6) is 1.25. The average molecular weight is 473 g/mol. The standard InChI is InChI=1S/C23H36N8O3/c1-16(2)26-21-29-22(27-18-6-4-7-18)31-23(30-21)28-19-8-3-5-17(15-19)20(32)25-10-12-34-14-13-33-11-9-24/h3,5,8,15-16,18H,4,6-7,9-14,24H2,1-2H3,(H,25,32)(H3,26,27,28,29,30,31). The van der Waals surface area contributed by atoms with Crippen LogP contribution < -0.4 is 27.0 Å². The lowest BCUT2D eigenvalue weighted by atomic mass is 9.93. The van der Waals surface area contributed by atoms with Crippen LogP contribution in [0.2, 0.25) is 0 Å². The Kier molecular flexibility index (Phi) is 10.3. The van der Waals surface area contributed by atoms with Crippen molar-refractivity contribution in [3.8, 4) is 0 Å². The Bertz CT molecular complexity index is 908. The van der Waals surface area contributed by atoms with Gasteiger partial charge in [0.05, 0.1) is 26.4 Å². The second-order valence-corrected chi connectivity index (χ2v) is 8.35. The van der Waals surface area contributed by atoms with Gasteiger partial charge in [-0.3, -0.25) is 4.79 Å². The van der Waals surface area contributed by atoms with E-state index in [9.17, 15) is 4.79 Å². The molecule has 6 N–H and O–H groups in total. The number of hydrogen-bond donors (Lipinski definition) is 5. The molecule has 186 valence electrons. The van der Waals surface area contributed by atoms with Crippen molar-refractivity contribution < 1.29 is 14.3 Å². The van der Waals surface area contributed by atoms with Crippen molar-refractivity contribution >= 4 is 29.4 Å². The van der Waals surface area contributed by atoms with Crippen molar-refractivity contribution in [2.45, 2.75) is 45.2 Å². The minimum Gasteiger partial charge on any atom is -0.378 e. The number of amides is 1. The van der Waals surface area contributed by atoms with Gasteiger partial charge in [-0.25, -0.2) is 0 Å². The Morgan fingerprint density at radius 1 is 1.06 bits per heavy atom. The molecule has 1 saturated carbocycles. The molecule has 1 aliphatic carbocycles. The van der Waals surface area contributed by atoms with Crippen LogP contribution in [0.25, 0.3) is 0 Å². The second-order valence-electron chi connectivity index (χ2n) is 8.35. The zero-order chi connectivity index (χ0) is 24.2. The van der Waals surface area contributed by atoms with Crippen molar-refractivity contribution in [3.05, 3.63) is 29.8 Å². The molecule has 34 heavy (non-hydrogen) atoms. The Labute approximate surface area is 200 Å². The molecule has 2 aromatic rings. The van der Waals surface area contributed by atoms with Crippen molar-refractivity contribution in [3.63, 3.8) is 0 Å². The van der Waals surface area contributed by atoms with Crippen LogP contribution in [-0.4, -0.2) is 72.5 Å². The third-order valence-electron chi connectivity index (χ3n) is 5.04. The van der Waals surface area contributed by atoms with Gasteiger partial charge in [-0.15, -0.1) is 0 Å². The third kappa shape index (κ3) is 8.73. The number of nitrogens with zero attached hydrogens (tertiary/aromatic N) is 3. The van der Waals surface area contributed by atoms with Crippen LogP contribution >= 0.6 is 0 Å². The largest absolute Gasteiger partial charge is 0.378 e. The van der Waals surface area contributed by atoms with Crippen molar-refractivity contribution in [2.24, 2.45) is 5.73 Å². The summed E-state index contributed by atoms with van der Waals surface area (Å²) < 4.78 is 10.7. The molecule has 1 aromatic heterocycles. The summed E-state index contributed by atoms with van der Waals surface area (Å²) in [5.41, 5.74) is 6.59. The van der Waals surface area contributed by atoms with Crippen LogP contribution in [0, 0.1) is 0 Å². The normalized spacial score (nSPS) is 13.4. The van der Waals surface area contributed by atoms with Gasteiger partial charge in [0.2, 0.25) is 17.8 Å². The molecule has 0 aliphatic heterocycles. The van der Waals surface area contributed by atoms with E-state index in [1.54, 1.807) is 12.1 Å². The lowest BCUT2D eigenvalue weighted by Gasteiger charge is -2.26. The second kappa shape index (κ2) is 13.6. The van der Waals surface area contributed by atoms with Gasteiger partial charge in [-0.2, -0.15) is 15.0 Å². The van der Waals surface area contributed by atoms with Gasteiger partial charge in [-0.1, -0.05) is 6.07 Å². The van der Waals surface area contributed by atoms with E-state index >= 15 is 0 Å². The first-order chi connectivity index (χ1) is 16.5. The van der Waals surface area contributed by atoms with Crippen LogP contribution in [-0.2, 0) is 9.47 Å². The minimum atomic E-state index is -0.184. The van der Waals surface area contributed by atoms with Crippen molar-refractivity contribution in [1.82, 2.24) is 20.3 Å². The fourth-order valence-corrected chi connectivity index (χ4v) is 3.17. The first kappa shape index (κ1) is 25.6. The van der Waals surface area contributed by atoms with Crippen LogP contribution in [0.4, 0.5) is 23.5 Å². The predicted octanol–water partition coefficient (Wildman–Crippen LogP) is 2.12. The van der Waals surface area contributed by atoms with Crippen molar-refractivity contribution in [1.29, 1.82) is 0 Å². The summed E-state index contributed by atoms with van der Waals surface area (Å²) in [6.45, 7) is 6.82. The van der Waals surface area contributed by atoms with Crippen LogP contribution in [0.5, 0.6) is 0 Å². The Balaban J connectivity index is 1.55. The molecule has 0 bridgehead atoms. The van der Waals surface area contributed by atoms with E-state index < -0.39 is 0 Å². The topological polar surface area (TPSA) is 148 Å². The molecule has 1 amide bonds. The quantitative estimate of drug-likeness (QED) is 0.244. The highest BCUT2D eigenvalue weighted by Crippen LogP contribution is 2.23. The molecular formula is C23H36N8O3. The van der Waals surface area contributed by atoms with Gasteiger partial charge < -0.3 is 36.5 Å². The molecule has 1 aromatic carbocycles. The zero-order valence-corrected chi connectivity index (χ0v) is 20.0. The summed E-state index contributed by atoms with van der Waals surface area (Å²) in [4.78, 5) is 26.0. The summed E-state index contributed by atoms with van der Waals surface area (Å²) >= 11 is 0. The molecule has 0 radical (unpaired) electrons. The van der Waals surface area contributed by atoms with Gasteiger partial charge in [0.15, 0.2) is 0 Å². The molecule has 1 heterocycles. The number of nitrogens with one attached hydrogen (secondary N) is 4. The highest BCUT2D eigenvalue weighted by molar-refractivity contribution is 5.95. The number of carbonyl (C=O) groups excluding carboxylic acids is 1. The highest BCUT2D eigenvalue weighted by atomic mass is 16.5. The number of anilines is 4. The maximum atomic E-state index is 12.5.